The van der Waals surface area contributed by atoms with Crippen molar-refractivity contribution in [3.8, 4) is 0 Å². The first-order chi connectivity index (χ1) is 6.66. The second kappa shape index (κ2) is 8.95. The van der Waals surface area contributed by atoms with Gasteiger partial charge >= 0.3 is 0 Å². The third-order valence-electron chi connectivity index (χ3n) is 2.24. The van der Waals surface area contributed by atoms with Gasteiger partial charge in [0.1, 0.15) is 5.78 Å². The molecule has 0 heterocycles. The number of carbonyl (C=O) groups excluding carboxylic acids is 1. The Bertz CT molecular complexity index is 164. The number of Topliss-reactive ketones (excluding diaryl/α,β-unsaturated/α-hetero) is 1. The van der Waals surface area contributed by atoms with Gasteiger partial charge in [-0.1, -0.05) is 12.5 Å². The molecule has 2 nitrogen and oxygen atoms in total. The van der Waals surface area contributed by atoms with E-state index >= 15 is 0 Å². The van der Waals surface area contributed by atoms with Crippen LogP contribution in [0.25, 0.3) is 0 Å². The highest BCUT2D eigenvalue weighted by atomic mass is 16.1. The third-order valence-corrected chi connectivity index (χ3v) is 2.24. The average molecular weight is 197 g/mol. The molecule has 2 N–H and O–H groups in total. The van der Waals surface area contributed by atoms with Gasteiger partial charge in [0.15, 0.2) is 0 Å². The van der Waals surface area contributed by atoms with E-state index in [1.165, 1.54) is 0 Å². The van der Waals surface area contributed by atoms with Crippen LogP contribution in [0.15, 0.2) is 12.7 Å². The zero-order valence-corrected chi connectivity index (χ0v) is 9.30. The number of rotatable bonds is 9. The van der Waals surface area contributed by atoms with Crippen LogP contribution in [0.2, 0.25) is 0 Å². The van der Waals surface area contributed by atoms with Crippen molar-refractivity contribution in [2.45, 2.75) is 57.9 Å². The zero-order chi connectivity index (χ0) is 10.8. The monoisotopic (exact) mass is 197 g/mol. The van der Waals surface area contributed by atoms with Gasteiger partial charge in [-0.15, -0.1) is 6.58 Å². The summed E-state index contributed by atoms with van der Waals surface area (Å²) in [5.74, 6) is 0.362. The quantitative estimate of drug-likeness (QED) is 0.456. The van der Waals surface area contributed by atoms with Crippen molar-refractivity contribution in [3.63, 3.8) is 0 Å². The number of unbranched alkanes of at least 4 members (excludes halogenated alkanes) is 3. The lowest BCUT2D eigenvalue weighted by molar-refractivity contribution is -0.119. The summed E-state index contributed by atoms with van der Waals surface area (Å²) >= 11 is 0. The van der Waals surface area contributed by atoms with Crippen LogP contribution >= 0.6 is 0 Å². The minimum absolute atomic E-state index is 0.153. The van der Waals surface area contributed by atoms with Crippen molar-refractivity contribution in [2.75, 3.05) is 0 Å². The summed E-state index contributed by atoms with van der Waals surface area (Å²) in [7, 11) is 0. The second-order valence-corrected chi connectivity index (χ2v) is 3.94. The highest BCUT2D eigenvalue weighted by molar-refractivity contribution is 5.78. The fourth-order valence-electron chi connectivity index (χ4n) is 1.30. The molecule has 2 heteroatoms. The molecule has 0 aromatic carbocycles. The molecular formula is C12H23NO. The molecule has 14 heavy (non-hydrogen) atoms. The topological polar surface area (TPSA) is 43.1 Å². The fourth-order valence-corrected chi connectivity index (χ4v) is 1.30. The first kappa shape index (κ1) is 13.4. The minimum Gasteiger partial charge on any atom is -0.328 e. The molecular weight excluding hydrogens is 174 g/mol. The van der Waals surface area contributed by atoms with Gasteiger partial charge in [-0.3, -0.25) is 4.79 Å². The molecule has 0 aliphatic carbocycles. The Labute approximate surface area is 87.6 Å². The van der Waals surface area contributed by atoms with Gasteiger partial charge in [0, 0.05) is 18.9 Å². The molecule has 82 valence electrons. The average Bonchev–Trinajstić information content (AvgIpc) is 2.14. The molecule has 0 saturated heterocycles. The summed E-state index contributed by atoms with van der Waals surface area (Å²) in [5, 5.41) is 0. The van der Waals surface area contributed by atoms with E-state index in [1.54, 1.807) is 0 Å². The fraction of sp³-hybridized carbons (Fsp3) is 0.750. The van der Waals surface area contributed by atoms with Gasteiger partial charge < -0.3 is 5.73 Å². The van der Waals surface area contributed by atoms with Crippen LogP contribution in [0.3, 0.4) is 0 Å². The minimum atomic E-state index is 0.153. The van der Waals surface area contributed by atoms with E-state index in [9.17, 15) is 4.79 Å². The lowest BCUT2D eigenvalue weighted by Crippen LogP contribution is -2.16. The molecule has 0 aromatic rings. The van der Waals surface area contributed by atoms with Crippen molar-refractivity contribution in [3.05, 3.63) is 12.7 Å². The summed E-state index contributed by atoms with van der Waals surface area (Å²) in [6, 6.07) is 0.153. The molecule has 0 radical (unpaired) electrons. The Morgan fingerprint density at radius 2 is 2.07 bits per heavy atom. The number of allylic oxidation sites excluding steroid dienone is 1. The maximum atomic E-state index is 11.3. The van der Waals surface area contributed by atoms with Crippen molar-refractivity contribution in [1.82, 2.24) is 0 Å². The lowest BCUT2D eigenvalue weighted by atomic mass is 10.0. The van der Waals surface area contributed by atoms with Crippen LogP contribution in [-0.4, -0.2) is 11.8 Å². The molecule has 0 aliphatic rings. The highest BCUT2D eigenvalue weighted by Gasteiger charge is 2.03. The first-order valence-electron chi connectivity index (χ1n) is 5.55. The first-order valence-corrected chi connectivity index (χ1v) is 5.55. The highest BCUT2D eigenvalue weighted by Crippen LogP contribution is 2.06. The summed E-state index contributed by atoms with van der Waals surface area (Å²) in [4.78, 5) is 11.3. The largest absolute Gasteiger partial charge is 0.328 e. The number of ketones is 1. The smallest absolute Gasteiger partial charge is 0.132 e. The molecule has 0 bridgehead atoms. The summed E-state index contributed by atoms with van der Waals surface area (Å²) in [5.41, 5.74) is 5.57. The number of hydrogen-bond donors (Lipinski definition) is 1. The zero-order valence-electron chi connectivity index (χ0n) is 9.30. The van der Waals surface area contributed by atoms with E-state index in [4.69, 9.17) is 5.73 Å². The van der Waals surface area contributed by atoms with Gasteiger partial charge in [-0.25, -0.2) is 0 Å². The van der Waals surface area contributed by atoms with Gasteiger partial charge in [-0.2, -0.15) is 0 Å². The molecule has 0 aromatic heterocycles. The number of nitrogens with two attached hydrogens (primary N) is 1. The molecule has 1 unspecified atom stereocenters. The standard InChI is InChI=1S/C12H23NO/c1-3-4-5-6-7-8-12(14)10-9-11(2)13/h3,11H,1,4-10,13H2,2H3. The van der Waals surface area contributed by atoms with Gasteiger partial charge in [0.25, 0.3) is 0 Å². The molecule has 0 rings (SSSR count). The van der Waals surface area contributed by atoms with E-state index in [2.05, 4.69) is 6.58 Å². The van der Waals surface area contributed by atoms with Crippen molar-refractivity contribution < 1.29 is 4.79 Å². The number of hydrogen-bond acceptors (Lipinski definition) is 2. The molecule has 0 spiro atoms. The maximum Gasteiger partial charge on any atom is 0.132 e. The van der Waals surface area contributed by atoms with E-state index in [1.807, 2.05) is 13.0 Å². The maximum absolute atomic E-state index is 11.3. The predicted octanol–water partition coefficient (Wildman–Crippen LogP) is 2.82. The van der Waals surface area contributed by atoms with Gasteiger partial charge in [0.05, 0.1) is 0 Å². The molecule has 0 amide bonds. The molecule has 1 atom stereocenters. The Morgan fingerprint density at radius 3 is 2.64 bits per heavy atom. The molecule has 0 fully saturated rings. The Morgan fingerprint density at radius 1 is 1.36 bits per heavy atom. The van der Waals surface area contributed by atoms with Crippen molar-refractivity contribution in [2.24, 2.45) is 5.73 Å². The van der Waals surface area contributed by atoms with E-state index < -0.39 is 0 Å². The Kier molecular flexibility index (Phi) is 8.54. The van der Waals surface area contributed by atoms with E-state index in [-0.39, 0.29) is 6.04 Å². The Hall–Kier alpha value is -0.630. The van der Waals surface area contributed by atoms with Crippen LogP contribution in [-0.2, 0) is 4.79 Å². The number of carbonyl (C=O) groups is 1. The normalized spacial score (nSPS) is 12.4. The van der Waals surface area contributed by atoms with Crippen LogP contribution in [0.4, 0.5) is 0 Å². The van der Waals surface area contributed by atoms with Crippen molar-refractivity contribution in [1.29, 1.82) is 0 Å². The van der Waals surface area contributed by atoms with Crippen LogP contribution in [0, 0.1) is 0 Å². The molecule has 0 aliphatic heterocycles. The predicted molar refractivity (Wildman–Crippen MR) is 61.2 cm³/mol. The Balaban J connectivity index is 3.22. The summed E-state index contributed by atoms with van der Waals surface area (Å²) < 4.78 is 0. The lowest BCUT2D eigenvalue weighted by Gasteiger charge is -2.03. The van der Waals surface area contributed by atoms with Gasteiger partial charge in [-0.05, 0) is 32.6 Å². The summed E-state index contributed by atoms with van der Waals surface area (Å²) in [6.07, 6.45) is 8.51. The molecule has 0 saturated carbocycles. The van der Waals surface area contributed by atoms with Gasteiger partial charge in [0.2, 0.25) is 0 Å². The third kappa shape index (κ3) is 9.46. The van der Waals surface area contributed by atoms with Crippen LogP contribution < -0.4 is 5.73 Å². The summed E-state index contributed by atoms with van der Waals surface area (Å²) in [6.45, 7) is 5.60. The SMILES string of the molecule is C=CCCCCCC(=O)CCC(C)N. The van der Waals surface area contributed by atoms with Crippen molar-refractivity contribution >= 4 is 5.78 Å². The van der Waals surface area contributed by atoms with Crippen LogP contribution in [0.5, 0.6) is 0 Å². The van der Waals surface area contributed by atoms with E-state index in [0.717, 1.165) is 38.5 Å². The van der Waals surface area contributed by atoms with E-state index in [0.29, 0.717) is 12.2 Å². The van der Waals surface area contributed by atoms with Crippen LogP contribution in [0.1, 0.15) is 51.9 Å². The second-order valence-electron chi connectivity index (χ2n) is 3.94.